The number of sulfone groups is 1. The Labute approximate surface area is 112 Å². The van der Waals surface area contributed by atoms with Crippen LogP contribution in [0, 0.1) is 0 Å². The highest BCUT2D eigenvalue weighted by Crippen LogP contribution is 2.31. The van der Waals surface area contributed by atoms with Crippen molar-refractivity contribution in [1.29, 1.82) is 0 Å². The van der Waals surface area contributed by atoms with E-state index in [0.717, 1.165) is 6.26 Å². The predicted octanol–water partition coefficient (Wildman–Crippen LogP) is 2.89. The number of methoxy groups -OCH3 is 1. The fraction of sp³-hybridized carbons (Fsp3) is 0.143. The van der Waals surface area contributed by atoms with Crippen LogP contribution in [0.3, 0.4) is 0 Å². The van der Waals surface area contributed by atoms with E-state index in [1.165, 1.54) is 13.2 Å². The van der Waals surface area contributed by atoms with Crippen molar-refractivity contribution in [3.63, 3.8) is 0 Å². The Morgan fingerprint density at radius 2 is 1.63 bits per heavy atom. The summed E-state index contributed by atoms with van der Waals surface area (Å²) >= 11 is 0. The molecule has 2 aromatic carbocycles. The number of hydrogen-bond acceptors (Lipinski definition) is 4. The lowest BCUT2D eigenvalue weighted by molar-refractivity contribution is 0.409. The normalized spacial score (nSPS) is 11.1. The highest BCUT2D eigenvalue weighted by molar-refractivity contribution is 7.90. The Morgan fingerprint density at radius 3 is 2.21 bits per heavy atom. The van der Waals surface area contributed by atoms with Crippen molar-refractivity contribution in [2.24, 2.45) is 0 Å². The van der Waals surface area contributed by atoms with E-state index in [0.29, 0.717) is 11.5 Å². The number of rotatable bonds is 4. The van der Waals surface area contributed by atoms with Gasteiger partial charge in [-0.05, 0) is 24.3 Å². The zero-order valence-electron chi connectivity index (χ0n) is 10.7. The molecule has 0 aliphatic heterocycles. The van der Waals surface area contributed by atoms with E-state index in [2.05, 4.69) is 0 Å². The van der Waals surface area contributed by atoms with Crippen LogP contribution < -0.4 is 9.47 Å². The summed E-state index contributed by atoms with van der Waals surface area (Å²) in [5.74, 6) is 1.34. The lowest BCUT2D eigenvalue weighted by Crippen LogP contribution is -2.01. The van der Waals surface area contributed by atoms with Crippen molar-refractivity contribution in [3.05, 3.63) is 48.5 Å². The maximum Gasteiger partial charge on any atom is 0.179 e. The summed E-state index contributed by atoms with van der Waals surface area (Å²) in [6, 6.07) is 13.7. The maximum atomic E-state index is 11.8. The van der Waals surface area contributed by atoms with E-state index >= 15 is 0 Å². The minimum absolute atomic E-state index is 0.107. The summed E-state index contributed by atoms with van der Waals surface area (Å²) in [5.41, 5.74) is 0. The molecule has 100 valence electrons. The van der Waals surface area contributed by atoms with Crippen LogP contribution in [0.25, 0.3) is 0 Å². The third-order valence-electron chi connectivity index (χ3n) is 2.52. The van der Waals surface area contributed by atoms with Crippen molar-refractivity contribution in [2.45, 2.75) is 4.90 Å². The molecule has 0 aromatic heterocycles. The van der Waals surface area contributed by atoms with Crippen molar-refractivity contribution in [1.82, 2.24) is 0 Å². The van der Waals surface area contributed by atoms with Crippen LogP contribution in [0.15, 0.2) is 53.4 Å². The number of ether oxygens (including phenoxy) is 2. The molecule has 0 fully saturated rings. The van der Waals surface area contributed by atoms with E-state index in [9.17, 15) is 8.42 Å². The van der Waals surface area contributed by atoms with Crippen LogP contribution in [-0.4, -0.2) is 21.8 Å². The standard InChI is InChI=1S/C14H14O4S/c1-17-12-8-9-13(14(10-12)19(2,15)16)18-11-6-4-3-5-7-11/h3-10H,1-2H3. The molecule has 0 saturated heterocycles. The summed E-state index contributed by atoms with van der Waals surface area (Å²) in [6.45, 7) is 0. The van der Waals surface area contributed by atoms with Crippen LogP contribution in [0.5, 0.6) is 17.2 Å². The summed E-state index contributed by atoms with van der Waals surface area (Å²) in [6.07, 6.45) is 1.14. The first-order valence-corrected chi connectivity index (χ1v) is 7.51. The smallest absolute Gasteiger partial charge is 0.179 e. The molecule has 0 unspecified atom stereocenters. The Hall–Kier alpha value is -2.01. The van der Waals surface area contributed by atoms with Gasteiger partial charge in [-0.1, -0.05) is 18.2 Å². The second-order valence-corrected chi connectivity index (χ2v) is 5.98. The molecule has 0 spiro atoms. The molecule has 0 heterocycles. The molecule has 0 saturated carbocycles. The van der Waals surface area contributed by atoms with Crippen LogP contribution >= 0.6 is 0 Å². The lowest BCUT2D eigenvalue weighted by atomic mass is 10.3. The third kappa shape index (κ3) is 3.26. The lowest BCUT2D eigenvalue weighted by Gasteiger charge is -2.11. The first kappa shape index (κ1) is 13.4. The molecule has 19 heavy (non-hydrogen) atoms. The van der Waals surface area contributed by atoms with E-state index in [1.807, 2.05) is 18.2 Å². The van der Waals surface area contributed by atoms with E-state index < -0.39 is 9.84 Å². The summed E-state index contributed by atoms with van der Waals surface area (Å²) in [4.78, 5) is 0.107. The summed E-state index contributed by atoms with van der Waals surface area (Å²) < 4.78 is 34.2. The minimum atomic E-state index is -3.39. The molecule has 5 heteroatoms. The molecule has 0 N–H and O–H groups in total. The van der Waals surface area contributed by atoms with E-state index in [4.69, 9.17) is 9.47 Å². The first-order valence-electron chi connectivity index (χ1n) is 5.62. The Bertz CT molecular complexity index is 663. The number of hydrogen-bond donors (Lipinski definition) is 0. The average Bonchev–Trinajstić information content (AvgIpc) is 2.39. The first-order chi connectivity index (χ1) is 9.00. The van der Waals surface area contributed by atoms with Crippen LogP contribution in [0.4, 0.5) is 0 Å². The van der Waals surface area contributed by atoms with Gasteiger partial charge in [-0.15, -0.1) is 0 Å². The summed E-state index contributed by atoms with van der Waals surface area (Å²) in [5, 5.41) is 0. The van der Waals surface area contributed by atoms with Gasteiger partial charge in [0.15, 0.2) is 9.84 Å². The minimum Gasteiger partial charge on any atom is -0.497 e. The van der Waals surface area contributed by atoms with Gasteiger partial charge < -0.3 is 9.47 Å². The molecule has 0 amide bonds. The Morgan fingerprint density at radius 1 is 0.947 bits per heavy atom. The Balaban J connectivity index is 2.46. The second-order valence-electron chi connectivity index (χ2n) is 4.00. The van der Waals surface area contributed by atoms with Gasteiger partial charge in [0, 0.05) is 12.3 Å². The Kier molecular flexibility index (Phi) is 3.76. The molecule has 2 aromatic rings. The van der Waals surface area contributed by atoms with Gasteiger partial charge in [0.25, 0.3) is 0 Å². The van der Waals surface area contributed by atoms with Crippen LogP contribution in [0.2, 0.25) is 0 Å². The van der Waals surface area contributed by atoms with Gasteiger partial charge in [0.2, 0.25) is 0 Å². The topological polar surface area (TPSA) is 52.6 Å². The molecular weight excluding hydrogens is 264 g/mol. The van der Waals surface area contributed by atoms with Crippen LogP contribution in [0.1, 0.15) is 0 Å². The van der Waals surface area contributed by atoms with Gasteiger partial charge in [0.1, 0.15) is 22.1 Å². The van der Waals surface area contributed by atoms with E-state index in [-0.39, 0.29) is 10.6 Å². The summed E-state index contributed by atoms with van der Waals surface area (Å²) in [7, 11) is -1.91. The molecule has 2 rings (SSSR count). The molecule has 4 nitrogen and oxygen atoms in total. The second kappa shape index (κ2) is 5.32. The molecule has 0 aliphatic carbocycles. The largest absolute Gasteiger partial charge is 0.497 e. The van der Waals surface area contributed by atoms with Crippen molar-refractivity contribution < 1.29 is 17.9 Å². The van der Waals surface area contributed by atoms with Crippen molar-refractivity contribution in [2.75, 3.05) is 13.4 Å². The fourth-order valence-corrected chi connectivity index (χ4v) is 2.41. The number of para-hydroxylation sites is 1. The zero-order chi connectivity index (χ0) is 13.9. The maximum absolute atomic E-state index is 11.8. The third-order valence-corrected chi connectivity index (χ3v) is 3.64. The molecule has 0 atom stereocenters. The van der Waals surface area contributed by atoms with Crippen LogP contribution in [-0.2, 0) is 9.84 Å². The highest BCUT2D eigenvalue weighted by Gasteiger charge is 2.16. The van der Waals surface area contributed by atoms with Gasteiger partial charge in [0.05, 0.1) is 7.11 Å². The van der Waals surface area contributed by atoms with Gasteiger partial charge >= 0.3 is 0 Å². The average molecular weight is 278 g/mol. The SMILES string of the molecule is COc1ccc(Oc2ccccc2)c(S(C)(=O)=O)c1. The predicted molar refractivity (Wildman–Crippen MR) is 72.6 cm³/mol. The van der Waals surface area contributed by atoms with Gasteiger partial charge in [-0.2, -0.15) is 0 Å². The van der Waals surface area contributed by atoms with E-state index in [1.54, 1.807) is 24.3 Å². The molecule has 0 aliphatic rings. The molecular formula is C14H14O4S. The van der Waals surface area contributed by atoms with Gasteiger partial charge in [-0.25, -0.2) is 8.42 Å². The zero-order valence-corrected chi connectivity index (χ0v) is 11.5. The highest BCUT2D eigenvalue weighted by atomic mass is 32.2. The van der Waals surface area contributed by atoms with Crippen molar-refractivity contribution in [3.8, 4) is 17.2 Å². The number of benzene rings is 2. The quantitative estimate of drug-likeness (QED) is 0.863. The fourth-order valence-electron chi connectivity index (χ4n) is 1.60. The monoisotopic (exact) mass is 278 g/mol. The van der Waals surface area contributed by atoms with Crippen molar-refractivity contribution >= 4 is 9.84 Å². The molecule has 0 radical (unpaired) electrons. The van der Waals surface area contributed by atoms with Gasteiger partial charge in [-0.3, -0.25) is 0 Å². The molecule has 0 bridgehead atoms.